The molecule has 0 heterocycles. The van der Waals surface area contributed by atoms with Crippen molar-refractivity contribution in [1.82, 2.24) is 0 Å². The molecule has 2 heteroatoms. The summed E-state index contributed by atoms with van der Waals surface area (Å²) in [5, 5.41) is 11.0. The van der Waals surface area contributed by atoms with Gasteiger partial charge in [-0.3, -0.25) is 0 Å². The summed E-state index contributed by atoms with van der Waals surface area (Å²) in [6.45, 7) is 8.12. The van der Waals surface area contributed by atoms with Crippen molar-refractivity contribution in [3.05, 3.63) is 11.6 Å². The molecule has 25 heavy (non-hydrogen) atoms. The van der Waals surface area contributed by atoms with Crippen molar-refractivity contribution in [2.24, 2.45) is 35.0 Å². The van der Waals surface area contributed by atoms with Crippen LogP contribution in [0.5, 0.6) is 0 Å². The molecule has 0 aliphatic heterocycles. The summed E-state index contributed by atoms with van der Waals surface area (Å²) < 4.78 is 5.60. The Bertz CT molecular complexity index is 526. The van der Waals surface area contributed by atoms with E-state index in [-0.39, 0.29) is 0 Å². The standard InChI is InChI=1S/C23H38O2/c1-4-17-7-9-21-20-8-6-16-14-23(24,15-25-5-2)13-11-18(16)19(20)10-12-22(17,21)3/h4,16,18-21,24H,5-15H2,1-3H3/b17-4-/t16-,18+,19-,20-,21+,22-,23-/m1/s1. The largest absolute Gasteiger partial charge is 0.387 e. The lowest BCUT2D eigenvalue weighted by Gasteiger charge is -2.56. The first-order chi connectivity index (χ1) is 12.0. The van der Waals surface area contributed by atoms with E-state index in [1.54, 1.807) is 5.57 Å². The minimum Gasteiger partial charge on any atom is -0.387 e. The molecule has 0 spiro atoms. The molecule has 4 rings (SSSR count). The highest BCUT2D eigenvalue weighted by Gasteiger charge is 2.56. The van der Waals surface area contributed by atoms with E-state index in [0.717, 1.165) is 42.4 Å². The van der Waals surface area contributed by atoms with Crippen LogP contribution in [0.3, 0.4) is 0 Å². The van der Waals surface area contributed by atoms with Crippen molar-refractivity contribution in [3.63, 3.8) is 0 Å². The zero-order chi connectivity index (χ0) is 17.7. The van der Waals surface area contributed by atoms with Crippen molar-refractivity contribution in [1.29, 1.82) is 0 Å². The van der Waals surface area contributed by atoms with Crippen LogP contribution in [-0.4, -0.2) is 23.9 Å². The Labute approximate surface area is 154 Å². The Hall–Kier alpha value is -0.340. The summed E-state index contributed by atoms with van der Waals surface area (Å²) in [4.78, 5) is 0. The summed E-state index contributed by atoms with van der Waals surface area (Å²) >= 11 is 0. The quantitative estimate of drug-likeness (QED) is 0.698. The van der Waals surface area contributed by atoms with Crippen LogP contribution >= 0.6 is 0 Å². The highest BCUT2D eigenvalue weighted by atomic mass is 16.5. The molecule has 4 aliphatic rings. The molecular formula is C23H38O2. The maximum absolute atomic E-state index is 11.0. The maximum atomic E-state index is 11.0. The van der Waals surface area contributed by atoms with Crippen LogP contribution in [0.4, 0.5) is 0 Å². The first kappa shape index (κ1) is 18.0. The molecule has 0 unspecified atom stereocenters. The third-order valence-electron chi connectivity index (χ3n) is 8.88. The molecule has 0 amide bonds. The lowest BCUT2D eigenvalue weighted by atomic mass is 9.49. The van der Waals surface area contributed by atoms with Gasteiger partial charge >= 0.3 is 0 Å². The van der Waals surface area contributed by atoms with Gasteiger partial charge < -0.3 is 9.84 Å². The smallest absolute Gasteiger partial charge is 0.0883 e. The third kappa shape index (κ3) is 2.92. The first-order valence-corrected chi connectivity index (χ1v) is 11.0. The van der Waals surface area contributed by atoms with E-state index < -0.39 is 5.60 Å². The summed E-state index contributed by atoms with van der Waals surface area (Å²) in [6.07, 6.45) is 14.0. The highest BCUT2D eigenvalue weighted by molar-refractivity contribution is 5.23. The van der Waals surface area contributed by atoms with Crippen LogP contribution in [0.15, 0.2) is 11.6 Å². The second-order valence-electron chi connectivity index (χ2n) is 9.85. The Morgan fingerprint density at radius 1 is 1.08 bits per heavy atom. The van der Waals surface area contributed by atoms with Gasteiger partial charge in [0.05, 0.1) is 12.2 Å². The number of hydrogen-bond acceptors (Lipinski definition) is 2. The Kier molecular flexibility index (Phi) is 4.82. The molecule has 2 nitrogen and oxygen atoms in total. The first-order valence-electron chi connectivity index (χ1n) is 11.0. The predicted octanol–water partition coefficient (Wildman–Crippen LogP) is 5.35. The predicted molar refractivity (Wildman–Crippen MR) is 102 cm³/mol. The Morgan fingerprint density at radius 2 is 1.88 bits per heavy atom. The third-order valence-corrected chi connectivity index (χ3v) is 8.88. The number of allylic oxidation sites excluding steroid dienone is 2. The van der Waals surface area contributed by atoms with Crippen LogP contribution < -0.4 is 0 Å². The summed E-state index contributed by atoms with van der Waals surface area (Å²) in [6, 6.07) is 0. The fourth-order valence-electron chi connectivity index (χ4n) is 7.71. The molecule has 4 aliphatic carbocycles. The molecule has 0 radical (unpaired) electrons. The van der Waals surface area contributed by atoms with Crippen LogP contribution in [0.2, 0.25) is 0 Å². The number of rotatable bonds is 3. The molecule has 7 atom stereocenters. The zero-order valence-corrected chi connectivity index (χ0v) is 16.6. The summed E-state index contributed by atoms with van der Waals surface area (Å²) in [5.74, 6) is 4.44. The topological polar surface area (TPSA) is 29.5 Å². The number of aliphatic hydroxyl groups is 1. The van der Waals surface area contributed by atoms with Crippen molar-refractivity contribution < 1.29 is 9.84 Å². The fourth-order valence-corrected chi connectivity index (χ4v) is 7.71. The lowest BCUT2D eigenvalue weighted by molar-refractivity contribution is -0.123. The van der Waals surface area contributed by atoms with Crippen LogP contribution in [0, 0.1) is 35.0 Å². The van der Waals surface area contributed by atoms with E-state index in [1.807, 2.05) is 6.92 Å². The van der Waals surface area contributed by atoms with Crippen LogP contribution in [-0.2, 0) is 4.74 Å². The minimum atomic E-state index is -0.543. The molecule has 142 valence electrons. The van der Waals surface area contributed by atoms with Gasteiger partial charge in [-0.05, 0) is 107 Å². The molecule has 0 bridgehead atoms. The summed E-state index contributed by atoms with van der Waals surface area (Å²) in [5.41, 5.74) is 1.72. The van der Waals surface area contributed by atoms with Gasteiger partial charge in [0.2, 0.25) is 0 Å². The van der Waals surface area contributed by atoms with E-state index in [4.69, 9.17) is 4.74 Å². The molecule has 0 aromatic rings. The maximum Gasteiger partial charge on any atom is 0.0883 e. The minimum absolute atomic E-state index is 0.507. The van der Waals surface area contributed by atoms with Crippen molar-refractivity contribution in [2.75, 3.05) is 13.2 Å². The van der Waals surface area contributed by atoms with Gasteiger partial charge in [0, 0.05) is 6.61 Å². The van der Waals surface area contributed by atoms with Gasteiger partial charge in [-0.2, -0.15) is 0 Å². The van der Waals surface area contributed by atoms with Gasteiger partial charge in [0.1, 0.15) is 0 Å². The monoisotopic (exact) mass is 346 g/mol. The van der Waals surface area contributed by atoms with E-state index in [9.17, 15) is 5.11 Å². The van der Waals surface area contributed by atoms with Gasteiger partial charge in [-0.1, -0.05) is 18.6 Å². The number of fused-ring (bicyclic) bond motifs is 5. The van der Waals surface area contributed by atoms with E-state index in [2.05, 4.69) is 19.9 Å². The molecule has 4 saturated carbocycles. The Morgan fingerprint density at radius 3 is 2.64 bits per heavy atom. The molecule has 1 N–H and O–H groups in total. The van der Waals surface area contributed by atoms with Gasteiger partial charge in [0.15, 0.2) is 0 Å². The van der Waals surface area contributed by atoms with E-state index in [1.165, 1.54) is 44.9 Å². The highest BCUT2D eigenvalue weighted by Crippen LogP contribution is 2.64. The lowest BCUT2D eigenvalue weighted by Crippen LogP contribution is -2.51. The average molecular weight is 347 g/mol. The van der Waals surface area contributed by atoms with Crippen molar-refractivity contribution >= 4 is 0 Å². The van der Waals surface area contributed by atoms with Crippen molar-refractivity contribution in [2.45, 2.75) is 84.2 Å². The average Bonchev–Trinajstić information content (AvgIpc) is 2.96. The second kappa shape index (κ2) is 6.68. The van der Waals surface area contributed by atoms with Gasteiger partial charge in [-0.15, -0.1) is 0 Å². The molecule has 0 aromatic carbocycles. The normalized spacial score (nSPS) is 51.0. The fraction of sp³-hybridized carbons (Fsp3) is 0.913. The molecule has 0 aromatic heterocycles. The molecule has 0 saturated heterocycles. The molecular weight excluding hydrogens is 308 g/mol. The number of hydrogen-bond donors (Lipinski definition) is 1. The second-order valence-corrected chi connectivity index (χ2v) is 9.85. The van der Waals surface area contributed by atoms with Crippen LogP contribution in [0.25, 0.3) is 0 Å². The number of ether oxygens (including phenoxy) is 1. The van der Waals surface area contributed by atoms with Crippen molar-refractivity contribution in [3.8, 4) is 0 Å². The SMILES string of the molecule is C/C=C1/CC[C@H]2[C@@H]3CC[C@@H]4C[C@@](O)(COCC)CC[C@@H]4[C@H]3CC[C@]12C. The van der Waals surface area contributed by atoms with Crippen LogP contribution in [0.1, 0.15) is 78.6 Å². The summed E-state index contributed by atoms with van der Waals surface area (Å²) in [7, 11) is 0. The molecule has 4 fully saturated rings. The zero-order valence-electron chi connectivity index (χ0n) is 16.6. The Balaban J connectivity index is 1.48. The van der Waals surface area contributed by atoms with E-state index >= 15 is 0 Å². The van der Waals surface area contributed by atoms with E-state index in [0.29, 0.717) is 18.6 Å². The van der Waals surface area contributed by atoms with Gasteiger partial charge in [0.25, 0.3) is 0 Å². The van der Waals surface area contributed by atoms with Gasteiger partial charge in [-0.25, -0.2) is 0 Å².